The van der Waals surface area contributed by atoms with E-state index in [0.717, 1.165) is 16.6 Å². The third-order valence-corrected chi connectivity index (χ3v) is 1.95. The van der Waals surface area contributed by atoms with Gasteiger partial charge in [-0.2, -0.15) is 0 Å². The monoisotopic (exact) mass is 182 g/mol. The van der Waals surface area contributed by atoms with Gasteiger partial charge in [-0.1, -0.05) is 11.6 Å². The van der Waals surface area contributed by atoms with Gasteiger partial charge in [-0.15, -0.1) is 0 Å². The number of hydrogen-bond donors (Lipinski definition) is 2. The first-order valence-electron chi connectivity index (χ1n) is 3.54. The number of H-pyrrole nitrogens is 1. The van der Waals surface area contributed by atoms with Crippen LogP contribution in [0.2, 0.25) is 5.15 Å². The molecule has 2 rings (SSSR count). The minimum absolute atomic E-state index is 0.0205. The van der Waals surface area contributed by atoms with E-state index in [1.807, 2.05) is 6.07 Å². The van der Waals surface area contributed by atoms with E-state index in [-0.39, 0.29) is 6.61 Å². The number of aliphatic hydroxyl groups is 1. The van der Waals surface area contributed by atoms with Gasteiger partial charge in [0, 0.05) is 11.8 Å². The highest BCUT2D eigenvalue weighted by Crippen LogP contribution is 2.18. The lowest BCUT2D eigenvalue weighted by Gasteiger charge is -1.92. The molecule has 2 aromatic heterocycles. The van der Waals surface area contributed by atoms with Crippen LogP contribution >= 0.6 is 11.6 Å². The van der Waals surface area contributed by atoms with Crippen molar-refractivity contribution in [3.8, 4) is 0 Å². The number of fused-ring (bicyclic) bond motifs is 1. The number of halogens is 1. The zero-order valence-electron chi connectivity index (χ0n) is 6.21. The molecule has 0 radical (unpaired) electrons. The van der Waals surface area contributed by atoms with Crippen LogP contribution in [-0.4, -0.2) is 15.1 Å². The van der Waals surface area contributed by atoms with Gasteiger partial charge in [-0.25, -0.2) is 4.98 Å². The Morgan fingerprint density at radius 1 is 1.50 bits per heavy atom. The smallest absolute Gasteiger partial charge is 0.129 e. The molecule has 4 heteroatoms. The summed E-state index contributed by atoms with van der Waals surface area (Å²) in [6.45, 7) is -0.0205. The first-order valence-corrected chi connectivity index (χ1v) is 3.92. The standard InChI is InChI=1S/C8H7ClN2O/c9-7-2-1-6-8(11-7)5(4-12)3-10-6/h1-3,10,12H,4H2. The van der Waals surface area contributed by atoms with E-state index in [9.17, 15) is 0 Å². The SMILES string of the molecule is OCc1c[nH]c2ccc(Cl)nc12. The summed E-state index contributed by atoms with van der Waals surface area (Å²) in [7, 11) is 0. The molecule has 0 saturated carbocycles. The van der Waals surface area contributed by atoms with E-state index < -0.39 is 0 Å². The Bertz CT molecular complexity index is 410. The van der Waals surface area contributed by atoms with E-state index >= 15 is 0 Å². The van der Waals surface area contributed by atoms with Crippen LogP contribution < -0.4 is 0 Å². The van der Waals surface area contributed by atoms with E-state index in [0.29, 0.717) is 5.15 Å². The average molecular weight is 183 g/mol. The minimum Gasteiger partial charge on any atom is -0.392 e. The molecule has 0 fully saturated rings. The third-order valence-electron chi connectivity index (χ3n) is 1.74. The van der Waals surface area contributed by atoms with Gasteiger partial charge in [0.1, 0.15) is 5.15 Å². The fourth-order valence-electron chi connectivity index (χ4n) is 1.15. The summed E-state index contributed by atoms with van der Waals surface area (Å²) >= 11 is 5.70. The lowest BCUT2D eigenvalue weighted by molar-refractivity contribution is 0.283. The fraction of sp³-hybridized carbons (Fsp3) is 0.125. The summed E-state index contributed by atoms with van der Waals surface area (Å²) in [6, 6.07) is 3.55. The topological polar surface area (TPSA) is 48.9 Å². The summed E-state index contributed by atoms with van der Waals surface area (Å²) in [5.41, 5.74) is 2.40. The van der Waals surface area contributed by atoms with Crippen LogP contribution in [-0.2, 0) is 6.61 Å². The number of nitrogens with one attached hydrogen (secondary N) is 1. The minimum atomic E-state index is -0.0205. The highest BCUT2D eigenvalue weighted by atomic mass is 35.5. The van der Waals surface area contributed by atoms with Crippen LogP contribution in [0.15, 0.2) is 18.3 Å². The largest absolute Gasteiger partial charge is 0.392 e. The molecule has 0 unspecified atom stereocenters. The van der Waals surface area contributed by atoms with Gasteiger partial charge in [0.2, 0.25) is 0 Å². The zero-order valence-corrected chi connectivity index (χ0v) is 6.97. The molecular formula is C8H7ClN2O. The molecule has 0 aliphatic rings. The normalized spacial score (nSPS) is 10.8. The van der Waals surface area contributed by atoms with Crippen molar-refractivity contribution in [2.45, 2.75) is 6.61 Å². The summed E-state index contributed by atoms with van der Waals surface area (Å²) in [6.07, 6.45) is 1.73. The maximum Gasteiger partial charge on any atom is 0.129 e. The molecule has 0 atom stereocenters. The molecule has 0 amide bonds. The van der Waals surface area contributed by atoms with E-state index in [1.165, 1.54) is 0 Å². The number of nitrogens with zero attached hydrogens (tertiary/aromatic N) is 1. The van der Waals surface area contributed by atoms with Gasteiger partial charge < -0.3 is 10.1 Å². The summed E-state index contributed by atoms with van der Waals surface area (Å²) in [4.78, 5) is 7.07. The van der Waals surface area contributed by atoms with Crippen LogP contribution in [0, 0.1) is 0 Å². The summed E-state index contributed by atoms with van der Waals surface area (Å²) in [5, 5.41) is 9.35. The average Bonchev–Trinajstić information content (AvgIpc) is 2.46. The number of aromatic amines is 1. The molecule has 0 saturated heterocycles. The Kier molecular flexibility index (Phi) is 1.75. The maximum atomic E-state index is 8.91. The highest BCUT2D eigenvalue weighted by Gasteiger charge is 2.03. The molecule has 0 aromatic carbocycles. The van der Waals surface area contributed by atoms with Crippen molar-refractivity contribution in [3.63, 3.8) is 0 Å². The van der Waals surface area contributed by atoms with Crippen molar-refractivity contribution in [1.29, 1.82) is 0 Å². The molecule has 0 spiro atoms. The van der Waals surface area contributed by atoms with Gasteiger partial charge in [0.25, 0.3) is 0 Å². The fourth-order valence-corrected chi connectivity index (χ4v) is 1.30. The van der Waals surface area contributed by atoms with Gasteiger partial charge in [-0.3, -0.25) is 0 Å². The van der Waals surface area contributed by atoms with Gasteiger partial charge in [-0.05, 0) is 12.1 Å². The number of aromatic nitrogens is 2. The lowest BCUT2D eigenvalue weighted by Crippen LogP contribution is -1.82. The third kappa shape index (κ3) is 1.07. The molecule has 0 aliphatic carbocycles. The predicted molar refractivity (Wildman–Crippen MR) is 47.0 cm³/mol. The second kappa shape index (κ2) is 2.77. The molecule has 2 heterocycles. The number of hydrogen-bond acceptors (Lipinski definition) is 2. The second-order valence-corrected chi connectivity index (χ2v) is 2.89. The predicted octanol–water partition coefficient (Wildman–Crippen LogP) is 1.71. The molecule has 3 nitrogen and oxygen atoms in total. The molecule has 62 valence electrons. The van der Waals surface area contributed by atoms with Gasteiger partial charge in [0.05, 0.1) is 17.6 Å². The van der Waals surface area contributed by atoms with Crippen molar-refractivity contribution in [2.75, 3.05) is 0 Å². The number of pyridine rings is 1. The Labute approximate surface area is 74.0 Å². The zero-order chi connectivity index (χ0) is 8.55. The van der Waals surface area contributed by atoms with Crippen molar-refractivity contribution in [3.05, 3.63) is 29.0 Å². The summed E-state index contributed by atoms with van der Waals surface area (Å²) < 4.78 is 0. The van der Waals surface area contributed by atoms with E-state index in [2.05, 4.69) is 9.97 Å². The Hall–Kier alpha value is -1.06. The van der Waals surface area contributed by atoms with E-state index in [1.54, 1.807) is 12.3 Å². The van der Waals surface area contributed by atoms with Crippen LogP contribution in [0.25, 0.3) is 11.0 Å². The highest BCUT2D eigenvalue weighted by molar-refractivity contribution is 6.29. The quantitative estimate of drug-likeness (QED) is 0.660. The van der Waals surface area contributed by atoms with Crippen molar-refractivity contribution in [1.82, 2.24) is 9.97 Å². The molecular weight excluding hydrogens is 176 g/mol. The van der Waals surface area contributed by atoms with E-state index in [4.69, 9.17) is 16.7 Å². The van der Waals surface area contributed by atoms with Gasteiger partial charge in [0.15, 0.2) is 0 Å². The van der Waals surface area contributed by atoms with Crippen LogP contribution in [0.1, 0.15) is 5.56 Å². The Morgan fingerprint density at radius 3 is 3.08 bits per heavy atom. The number of rotatable bonds is 1. The second-order valence-electron chi connectivity index (χ2n) is 2.50. The number of aliphatic hydroxyl groups excluding tert-OH is 1. The molecule has 2 N–H and O–H groups in total. The van der Waals surface area contributed by atoms with Gasteiger partial charge >= 0.3 is 0 Å². The van der Waals surface area contributed by atoms with Crippen molar-refractivity contribution < 1.29 is 5.11 Å². The van der Waals surface area contributed by atoms with Crippen LogP contribution in [0.5, 0.6) is 0 Å². The first kappa shape index (κ1) is 7.58. The lowest BCUT2D eigenvalue weighted by atomic mass is 10.3. The molecule has 12 heavy (non-hydrogen) atoms. The van der Waals surface area contributed by atoms with Crippen molar-refractivity contribution in [2.24, 2.45) is 0 Å². The maximum absolute atomic E-state index is 8.91. The molecule has 0 bridgehead atoms. The van der Waals surface area contributed by atoms with Crippen LogP contribution in [0.3, 0.4) is 0 Å². The molecule has 2 aromatic rings. The van der Waals surface area contributed by atoms with Crippen molar-refractivity contribution >= 4 is 22.6 Å². The van der Waals surface area contributed by atoms with Crippen LogP contribution in [0.4, 0.5) is 0 Å². The summed E-state index contributed by atoms with van der Waals surface area (Å²) in [5.74, 6) is 0. The Balaban J connectivity index is 2.75. The Morgan fingerprint density at radius 2 is 2.33 bits per heavy atom. The molecule has 0 aliphatic heterocycles. The first-order chi connectivity index (χ1) is 5.81.